The minimum absolute atomic E-state index is 0.408. The average molecular weight is 263 g/mol. The molecule has 1 aromatic rings. The van der Waals surface area contributed by atoms with Crippen LogP contribution in [-0.4, -0.2) is 16.7 Å². The lowest BCUT2D eigenvalue weighted by Crippen LogP contribution is -2.08. The Morgan fingerprint density at radius 3 is 2.84 bits per heavy atom. The second-order valence-electron chi connectivity index (χ2n) is 5.48. The molecule has 0 radical (unpaired) electrons. The van der Waals surface area contributed by atoms with Crippen molar-refractivity contribution < 1.29 is 9.84 Å². The molecule has 0 aromatic carbocycles. The predicted octanol–water partition coefficient (Wildman–Crippen LogP) is 3.87. The fourth-order valence-corrected chi connectivity index (χ4v) is 2.90. The van der Waals surface area contributed by atoms with E-state index < -0.39 is 6.10 Å². The first-order valence-electron chi connectivity index (χ1n) is 7.55. The minimum Gasteiger partial charge on any atom is -0.492 e. The first-order valence-corrected chi connectivity index (χ1v) is 7.55. The second-order valence-corrected chi connectivity index (χ2v) is 5.48. The highest BCUT2D eigenvalue weighted by Gasteiger charge is 2.16. The molecule has 1 aliphatic carbocycles. The van der Waals surface area contributed by atoms with Crippen LogP contribution in [0.3, 0.4) is 0 Å². The van der Waals surface area contributed by atoms with E-state index in [1.54, 1.807) is 12.4 Å². The van der Waals surface area contributed by atoms with Crippen LogP contribution in [0.4, 0.5) is 0 Å². The van der Waals surface area contributed by atoms with Gasteiger partial charge < -0.3 is 9.84 Å². The number of aliphatic hydroxyl groups is 1. The number of ether oxygens (including phenoxy) is 1. The first kappa shape index (κ1) is 14.3. The number of hydrogen-bond donors (Lipinski definition) is 1. The summed E-state index contributed by atoms with van der Waals surface area (Å²) in [5.41, 5.74) is 0.877. The molecule has 1 aromatic heterocycles. The van der Waals surface area contributed by atoms with Crippen molar-refractivity contribution in [2.45, 2.75) is 58.0 Å². The normalized spacial score (nSPS) is 18.2. The number of nitrogens with zero attached hydrogens (tertiary/aromatic N) is 1. The highest BCUT2D eigenvalue weighted by atomic mass is 16.5. The van der Waals surface area contributed by atoms with Crippen LogP contribution in [0.2, 0.25) is 0 Å². The standard InChI is InChI=1S/C16H25NO2/c1-2-19-15-10-14(11-17-12-15)16(18)9-8-13-6-4-3-5-7-13/h10-13,16,18H,2-9H2,1H3. The number of aliphatic hydroxyl groups excluding tert-OH is 1. The van der Waals surface area contributed by atoms with Crippen molar-refractivity contribution in [3.63, 3.8) is 0 Å². The fraction of sp³-hybridized carbons (Fsp3) is 0.688. The van der Waals surface area contributed by atoms with E-state index in [4.69, 9.17) is 4.74 Å². The molecule has 1 N–H and O–H groups in total. The third-order valence-corrected chi connectivity index (χ3v) is 4.00. The maximum Gasteiger partial charge on any atom is 0.137 e. The summed E-state index contributed by atoms with van der Waals surface area (Å²) in [6.45, 7) is 2.58. The molecule has 19 heavy (non-hydrogen) atoms. The molecular formula is C16H25NO2. The van der Waals surface area contributed by atoms with Crippen LogP contribution >= 0.6 is 0 Å². The van der Waals surface area contributed by atoms with Gasteiger partial charge in [0, 0.05) is 11.8 Å². The van der Waals surface area contributed by atoms with Crippen LogP contribution in [0.15, 0.2) is 18.5 Å². The van der Waals surface area contributed by atoms with Crippen LogP contribution in [0.25, 0.3) is 0 Å². The molecule has 1 atom stereocenters. The molecule has 106 valence electrons. The molecular weight excluding hydrogens is 238 g/mol. The van der Waals surface area contributed by atoms with Crippen molar-refractivity contribution in [2.24, 2.45) is 5.92 Å². The zero-order chi connectivity index (χ0) is 13.5. The van der Waals surface area contributed by atoms with Crippen LogP contribution in [-0.2, 0) is 0 Å². The summed E-state index contributed by atoms with van der Waals surface area (Å²) < 4.78 is 5.42. The van der Waals surface area contributed by atoms with Gasteiger partial charge in [-0.05, 0) is 31.7 Å². The summed E-state index contributed by atoms with van der Waals surface area (Å²) in [5.74, 6) is 1.56. The average Bonchev–Trinajstić information content (AvgIpc) is 2.46. The summed E-state index contributed by atoms with van der Waals surface area (Å²) in [4.78, 5) is 4.13. The van der Waals surface area contributed by atoms with E-state index in [2.05, 4.69) is 4.98 Å². The quantitative estimate of drug-likeness (QED) is 0.847. The van der Waals surface area contributed by atoms with Gasteiger partial charge in [-0.2, -0.15) is 0 Å². The summed E-state index contributed by atoms with van der Waals surface area (Å²) in [5, 5.41) is 10.2. The third-order valence-electron chi connectivity index (χ3n) is 4.00. The zero-order valence-corrected chi connectivity index (χ0v) is 11.8. The number of hydrogen-bond acceptors (Lipinski definition) is 3. The summed E-state index contributed by atoms with van der Waals surface area (Å²) in [6.07, 6.45) is 11.8. The predicted molar refractivity (Wildman–Crippen MR) is 76.2 cm³/mol. The lowest BCUT2D eigenvalue weighted by atomic mass is 9.85. The molecule has 1 unspecified atom stereocenters. The van der Waals surface area contributed by atoms with Crippen molar-refractivity contribution >= 4 is 0 Å². The minimum atomic E-state index is -0.408. The molecule has 3 nitrogen and oxygen atoms in total. The van der Waals surface area contributed by atoms with E-state index in [0.717, 1.165) is 30.1 Å². The van der Waals surface area contributed by atoms with Gasteiger partial charge in [-0.3, -0.25) is 4.98 Å². The molecule has 1 saturated carbocycles. The highest BCUT2D eigenvalue weighted by molar-refractivity contribution is 5.25. The summed E-state index contributed by atoms with van der Waals surface area (Å²) in [6, 6.07) is 1.90. The Balaban J connectivity index is 1.84. The Kier molecular flexibility index (Phi) is 5.64. The van der Waals surface area contributed by atoms with E-state index in [-0.39, 0.29) is 0 Å². The monoisotopic (exact) mass is 263 g/mol. The van der Waals surface area contributed by atoms with Crippen molar-refractivity contribution in [3.05, 3.63) is 24.0 Å². The maximum atomic E-state index is 10.2. The van der Waals surface area contributed by atoms with Gasteiger partial charge in [0.1, 0.15) is 5.75 Å². The Morgan fingerprint density at radius 2 is 2.11 bits per heavy atom. The molecule has 0 saturated heterocycles. The molecule has 1 heterocycles. The maximum absolute atomic E-state index is 10.2. The van der Waals surface area contributed by atoms with E-state index in [1.807, 2.05) is 13.0 Å². The van der Waals surface area contributed by atoms with Crippen molar-refractivity contribution in [1.29, 1.82) is 0 Å². The highest BCUT2D eigenvalue weighted by Crippen LogP contribution is 2.30. The van der Waals surface area contributed by atoms with Crippen LogP contribution in [0.5, 0.6) is 5.75 Å². The molecule has 2 rings (SSSR count). The van der Waals surface area contributed by atoms with Gasteiger partial charge in [0.05, 0.1) is 18.9 Å². The van der Waals surface area contributed by atoms with Gasteiger partial charge >= 0.3 is 0 Å². The molecule has 0 bridgehead atoms. The van der Waals surface area contributed by atoms with Gasteiger partial charge in [0.25, 0.3) is 0 Å². The lowest BCUT2D eigenvalue weighted by Gasteiger charge is -2.22. The first-order chi connectivity index (χ1) is 9.29. The third kappa shape index (κ3) is 4.50. The van der Waals surface area contributed by atoms with Crippen molar-refractivity contribution in [2.75, 3.05) is 6.61 Å². The smallest absolute Gasteiger partial charge is 0.137 e. The molecule has 0 aliphatic heterocycles. The molecule has 0 spiro atoms. The van der Waals surface area contributed by atoms with Gasteiger partial charge in [-0.25, -0.2) is 0 Å². The Labute approximate surface area is 116 Å². The Bertz CT molecular complexity index is 375. The zero-order valence-electron chi connectivity index (χ0n) is 11.8. The van der Waals surface area contributed by atoms with E-state index in [1.165, 1.54) is 32.1 Å². The van der Waals surface area contributed by atoms with E-state index in [0.29, 0.717) is 6.61 Å². The van der Waals surface area contributed by atoms with Gasteiger partial charge in [0.2, 0.25) is 0 Å². The molecule has 1 aliphatic rings. The summed E-state index contributed by atoms with van der Waals surface area (Å²) >= 11 is 0. The van der Waals surface area contributed by atoms with Crippen molar-refractivity contribution in [1.82, 2.24) is 4.98 Å². The molecule has 3 heteroatoms. The van der Waals surface area contributed by atoms with E-state index >= 15 is 0 Å². The molecule has 0 amide bonds. The van der Waals surface area contributed by atoms with Gasteiger partial charge in [-0.15, -0.1) is 0 Å². The number of aromatic nitrogens is 1. The topological polar surface area (TPSA) is 42.4 Å². The van der Waals surface area contributed by atoms with Crippen LogP contribution in [0, 0.1) is 5.92 Å². The van der Waals surface area contributed by atoms with Crippen LogP contribution in [0.1, 0.15) is 63.5 Å². The van der Waals surface area contributed by atoms with Crippen LogP contribution < -0.4 is 4.74 Å². The number of rotatable bonds is 6. The largest absolute Gasteiger partial charge is 0.492 e. The summed E-state index contributed by atoms with van der Waals surface area (Å²) in [7, 11) is 0. The van der Waals surface area contributed by atoms with Crippen molar-refractivity contribution in [3.8, 4) is 5.75 Å². The van der Waals surface area contributed by atoms with Gasteiger partial charge in [0.15, 0.2) is 0 Å². The Morgan fingerprint density at radius 1 is 1.32 bits per heavy atom. The van der Waals surface area contributed by atoms with Gasteiger partial charge in [-0.1, -0.05) is 32.1 Å². The molecule has 1 fully saturated rings. The SMILES string of the molecule is CCOc1cncc(C(O)CCC2CCCCC2)c1. The Hall–Kier alpha value is -1.09. The number of pyridine rings is 1. The van der Waals surface area contributed by atoms with E-state index in [9.17, 15) is 5.11 Å². The lowest BCUT2D eigenvalue weighted by molar-refractivity contribution is 0.150. The second kappa shape index (κ2) is 7.49. The fourth-order valence-electron chi connectivity index (χ4n) is 2.90.